The van der Waals surface area contributed by atoms with Crippen LogP contribution in [0.5, 0.6) is 11.5 Å². The highest BCUT2D eigenvalue weighted by atomic mass is 127. The van der Waals surface area contributed by atoms with E-state index in [4.69, 9.17) is 4.74 Å². The molecule has 0 aliphatic heterocycles. The van der Waals surface area contributed by atoms with Crippen molar-refractivity contribution in [3.8, 4) is 16.4 Å². The molecule has 160 valence electrons. The first-order valence-electron chi connectivity index (χ1n) is 9.58. The zero-order valence-corrected chi connectivity index (χ0v) is 19.3. The predicted molar refractivity (Wildman–Crippen MR) is 129 cm³/mol. The molecule has 0 bridgehead atoms. The van der Waals surface area contributed by atoms with Gasteiger partial charge in [-0.2, -0.15) is 13.2 Å². The quantitative estimate of drug-likeness (QED) is 0.120. The van der Waals surface area contributed by atoms with E-state index in [0.717, 1.165) is 30.0 Å². The van der Waals surface area contributed by atoms with Crippen molar-refractivity contribution >= 4 is 53.2 Å². The van der Waals surface area contributed by atoms with Crippen LogP contribution in [0.1, 0.15) is 5.56 Å². The van der Waals surface area contributed by atoms with E-state index in [0.29, 0.717) is 22.3 Å². The van der Waals surface area contributed by atoms with Crippen molar-refractivity contribution in [1.82, 2.24) is 0 Å². The molecule has 0 aliphatic carbocycles. The van der Waals surface area contributed by atoms with Gasteiger partial charge in [0.05, 0.1) is 10.9 Å². The first-order valence-corrected chi connectivity index (χ1v) is 11.9. The van der Waals surface area contributed by atoms with Crippen LogP contribution in [0.2, 0.25) is 0 Å². The minimum absolute atomic E-state index is 0.428. The second-order valence-electron chi connectivity index (χ2n) is 7.18. The SMILES string of the molecule is Fc1ccc2c(c1)c1cc(C(F)(F)F)ccc1[s+]2-c1ccc(Oc2ccc(I)cc2)cc1. The lowest BCUT2D eigenvalue weighted by Gasteiger charge is -2.06. The Morgan fingerprint density at radius 3 is 1.88 bits per heavy atom. The molecule has 1 heterocycles. The first-order chi connectivity index (χ1) is 15.3. The third-order valence-corrected chi connectivity index (χ3v) is 8.14. The monoisotopic (exact) mass is 565 g/mol. The van der Waals surface area contributed by atoms with Gasteiger partial charge < -0.3 is 4.74 Å². The van der Waals surface area contributed by atoms with Crippen molar-refractivity contribution in [2.24, 2.45) is 0 Å². The van der Waals surface area contributed by atoms with Gasteiger partial charge in [-0.3, -0.25) is 0 Å². The van der Waals surface area contributed by atoms with E-state index < -0.39 is 28.0 Å². The van der Waals surface area contributed by atoms with Crippen LogP contribution in [0.3, 0.4) is 0 Å². The van der Waals surface area contributed by atoms with Crippen LogP contribution in [-0.2, 0) is 6.18 Å². The van der Waals surface area contributed by atoms with Crippen LogP contribution < -0.4 is 4.74 Å². The van der Waals surface area contributed by atoms with Crippen molar-refractivity contribution < 1.29 is 22.3 Å². The highest BCUT2D eigenvalue weighted by Crippen LogP contribution is 2.49. The molecule has 0 fully saturated rings. The number of rotatable bonds is 3. The first kappa shape index (κ1) is 21.2. The lowest BCUT2D eigenvalue weighted by molar-refractivity contribution is -0.137. The highest BCUT2D eigenvalue weighted by Gasteiger charge is 2.33. The molecule has 0 aliphatic rings. The molecule has 1 unspecified atom stereocenters. The average Bonchev–Trinajstić information content (AvgIpc) is 3.08. The molecular formula is C25H14F4IOS+. The summed E-state index contributed by atoms with van der Waals surface area (Å²) >= 11 is 2.22. The molecule has 5 rings (SSSR count). The molecule has 0 saturated heterocycles. The number of ether oxygens (including phenoxy) is 1. The van der Waals surface area contributed by atoms with E-state index >= 15 is 0 Å². The minimum atomic E-state index is -4.46. The molecule has 1 nitrogen and oxygen atoms in total. The minimum Gasteiger partial charge on any atom is -0.457 e. The Morgan fingerprint density at radius 1 is 0.688 bits per heavy atom. The summed E-state index contributed by atoms with van der Waals surface area (Å²) in [6, 6.07) is 23.2. The van der Waals surface area contributed by atoms with Crippen LogP contribution >= 0.6 is 33.1 Å². The van der Waals surface area contributed by atoms with Gasteiger partial charge in [-0.1, -0.05) is 0 Å². The fourth-order valence-corrected chi connectivity index (χ4v) is 6.34. The van der Waals surface area contributed by atoms with Gasteiger partial charge in [-0.25, -0.2) is 4.39 Å². The highest BCUT2D eigenvalue weighted by molar-refractivity contribution is 14.1. The van der Waals surface area contributed by atoms with Gasteiger partial charge in [0.2, 0.25) is 0 Å². The van der Waals surface area contributed by atoms with Crippen molar-refractivity contribution in [2.45, 2.75) is 6.18 Å². The Bertz CT molecular complexity index is 1440. The molecule has 4 aromatic carbocycles. The number of halogens is 5. The maximum Gasteiger partial charge on any atom is 0.416 e. The average molecular weight is 565 g/mol. The Hall–Kier alpha value is -2.65. The predicted octanol–water partition coefficient (Wildman–Crippen LogP) is 9.29. The Labute approximate surface area is 197 Å². The van der Waals surface area contributed by atoms with Gasteiger partial charge in [0.15, 0.2) is 14.3 Å². The molecule has 5 aromatic rings. The van der Waals surface area contributed by atoms with E-state index in [9.17, 15) is 17.6 Å². The van der Waals surface area contributed by atoms with Crippen LogP contribution in [0, 0.1) is 9.39 Å². The Kier molecular flexibility index (Phi) is 5.33. The molecule has 7 heteroatoms. The zero-order valence-electron chi connectivity index (χ0n) is 16.3. The summed E-state index contributed by atoms with van der Waals surface area (Å²) in [5.41, 5.74) is -0.738. The van der Waals surface area contributed by atoms with Crippen molar-refractivity contribution in [3.05, 3.63) is 99.9 Å². The largest absolute Gasteiger partial charge is 0.457 e. The van der Waals surface area contributed by atoms with Crippen molar-refractivity contribution in [2.75, 3.05) is 0 Å². The zero-order chi connectivity index (χ0) is 22.5. The number of hydrogen-bond acceptors (Lipinski definition) is 1. The van der Waals surface area contributed by atoms with Crippen LogP contribution in [0.15, 0.2) is 84.9 Å². The van der Waals surface area contributed by atoms with E-state index in [1.807, 2.05) is 48.5 Å². The van der Waals surface area contributed by atoms with Crippen LogP contribution in [0.25, 0.3) is 25.1 Å². The molecule has 0 amide bonds. The number of alkyl halides is 3. The molecule has 0 saturated carbocycles. The lowest BCUT2D eigenvalue weighted by Crippen LogP contribution is -2.03. The molecule has 32 heavy (non-hydrogen) atoms. The summed E-state index contributed by atoms with van der Waals surface area (Å²) in [7, 11) is -0.632. The smallest absolute Gasteiger partial charge is 0.416 e. The summed E-state index contributed by atoms with van der Waals surface area (Å²) in [4.78, 5) is 0.923. The van der Waals surface area contributed by atoms with Gasteiger partial charge in [-0.05, 0) is 89.3 Å². The third kappa shape index (κ3) is 3.95. The van der Waals surface area contributed by atoms with Gasteiger partial charge >= 0.3 is 6.18 Å². The number of benzene rings is 4. The fourth-order valence-electron chi connectivity index (χ4n) is 3.64. The molecule has 1 atom stereocenters. The summed E-state index contributed by atoms with van der Waals surface area (Å²) in [6.07, 6.45) is -4.46. The maximum absolute atomic E-state index is 14.0. The van der Waals surface area contributed by atoms with Crippen molar-refractivity contribution in [3.63, 3.8) is 0 Å². The van der Waals surface area contributed by atoms with E-state index in [1.165, 1.54) is 18.2 Å². The Balaban J connectivity index is 1.62. The second kappa shape index (κ2) is 8.04. The summed E-state index contributed by atoms with van der Waals surface area (Å²) in [6.45, 7) is 0. The van der Waals surface area contributed by atoms with E-state index in [1.54, 1.807) is 6.07 Å². The van der Waals surface area contributed by atoms with Gasteiger partial charge in [-0.15, -0.1) is 0 Å². The number of hydrogen-bond donors (Lipinski definition) is 0. The van der Waals surface area contributed by atoms with E-state index in [-0.39, 0.29) is 0 Å². The summed E-state index contributed by atoms with van der Waals surface area (Å²) < 4.78 is 62.4. The lowest BCUT2D eigenvalue weighted by atomic mass is 10.1. The van der Waals surface area contributed by atoms with Gasteiger partial charge in [0, 0.05) is 37.6 Å². The van der Waals surface area contributed by atoms with Gasteiger partial charge in [0.25, 0.3) is 0 Å². The molecular weight excluding hydrogens is 551 g/mol. The molecule has 0 radical (unpaired) electrons. The number of fused-ring (bicyclic) bond motifs is 3. The second-order valence-corrected chi connectivity index (χ2v) is 10.4. The Morgan fingerprint density at radius 2 is 1.25 bits per heavy atom. The van der Waals surface area contributed by atoms with Gasteiger partial charge in [0.1, 0.15) is 17.3 Å². The molecule has 1 aromatic heterocycles. The van der Waals surface area contributed by atoms with Crippen LogP contribution in [0.4, 0.5) is 17.6 Å². The summed E-state index contributed by atoms with van der Waals surface area (Å²) in [5, 5.41) is 0.936. The number of thiophene rings is 1. The topological polar surface area (TPSA) is 9.23 Å². The molecule has 0 spiro atoms. The maximum atomic E-state index is 14.0. The van der Waals surface area contributed by atoms with E-state index in [2.05, 4.69) is 22.6 Å². The van der Waals surface area contributed by atoms with Crippen LogP contribution in [-0.4, -0.2) is 0 Å². The standard InChI is InChI=1S/C25H14F4IOS/c26-16-2-12-24-22(14-16)21-13-15(25(27,28)29)1-11-23(21)32(24)20-9-7-19(8-10-20)31-18-5-3-17(30)4-6-18/h1-14H/q+1. The summed E-state index contributed by atoms with van der Waals surface area (Å²) in [5.74, 6) is 0.899. The third-order valence-electron chi connectivity index (χ3n) is 5.09. The van der Waals surface area contributed by atoms with Crippen molar-refractivity contribution in [1.29, 1.82) is 0 Å². The molecule has 0 N–H and O–H groups in total. The fraction of sp³-hybridized carbons (Fsp3) is 0.0400. The normalized spacial score (nSPS) is 12.5.